The van der Waals surface area contributed by atoms with Crippen LogP contribution in [0, 0.1) is 0 Å². The van der Waals surface area contributed by atoms with Gasteiger partial charge in [-0.05, 0) is 36.7 Å². The number of hydrogen-bond donors (Lipinski definition) is 0. The van der Waals surface area contributed by atoms with E-state index in [0.29, 0.717) is 6.04 Å². The van der Waals surface area contributed by atoms with Gasteiger partial charge in [-0.1, -0.05) is 75.9 Å². The van der Waals surface area contributed by atoms with Gasteiger partial charge in [-0.25, -0.2) is 0 Å². The summed E-state index contributed by atoms with van der Waals surface area (Å²) in [5.41, 5.74) is 3.00. The Bertz CT molecular complexity index is 663. The minimum atomic E-state index is 0.515. The van der Waals surface area contributed by atoms with Gasteiger partial charge in [-0.3, -0.25) is 4.90 Å². The molecule has 0 saturated carbocycles. The molecule has 0 aromatic heterocycles. The Labute approximate surface area is 164 Å². The van der Waals surface area contributed by atoms with Crippen molar-refractivity contribution in [1.82, 2.24) is 9.80 Å². The van der Waals surface area contributed by atoms with Crippen molar-refractivity contribution < 1.29 is 0 Å². The van der Waals surface area contributed by atoms with Gasteiger partial charge < -0.3 is 4.90 Å². The lowest BCUT2D eigenvalue weighted by molar-refractivity contribution is 0.110. The van der Waals surface area contributed by atoms with Crippen molar-refractivity contribution in [3.05, 3.63) is 59.7 Å². The van der Waals surface area contributed by atoms with Crippen molar-refractivity contribution in [3.8, 4) is 0 Å². The SMILES string of the molecule is CC.CC.CN1CCN(C2Cc3ccccc3Sc3ccccc32)CC1. The highest BCUT2D eigenvalue weighted by Crippen LogP contribution is 2.42. The first-order valence-electron chi connectivity index (χ1n) is 10.1. The Kier molecular flexibility index (Phi) is 8.70. The molecule has 2 aromatic rings. The number of nitrogens with zero attached hydrogens (tertiary/aromatic N) is 2. The summed E-state index contributed by atoms with van der Waals surface area (Å²) in [6.07, 6.45) is 1.13. The third kappa shape index (κ3) is 4.91. The third-order valence-electron chi connectivity index (χ3n) is 4.86. The van der Waals surface area contributed by atoms with E-state index >= 15 is 0 Å². The van der Waals surface area contributed by atoms with Crippen LogP contribution in [-0.2, 0) is 6.42 Å². The van der Waals surface area contributed by atoms with Gasteiger partial charge in [-0.15, -0.1) is 0 Å². The molecule has 142 valence electrons. The molecule has 4 rings (SSSR count). The fourth-order valence-corrected chi connectivity index (χ4v) is 4.65. The van der Waals surface area contributed by atoms with Crippen LogP contribution in [0.15, 0.2) is 58.3 Å². The van der Waals surface area contributed by atoms with E-state index in [9.17, 15) is 0 Å². The van der Waals surface area contributed by atoms with E-state index in [1.54, 1.807) is 0 Å². The summed E-state index contributed by atoms with van der Waals surface area (Å²) in [6.45, 7) is 12.7. The van der Waals surface area contributed by atoms with Gasteiger partial charge in [0.1, 0.15) is 0 Å². The minimum Gasteiger partial charge on any atom is -0.304 e. The fourth-order valence-electron chi connectivity index (χ4n) is 3.52. The first-order chi connectivity index (χ1) is 12.8. The highest BCUT2D eigenvalue weighted by atomic mass is 32.2. The number of rotatable bonds is 1. The van der Waals surface area contributed by atoms with E-state index in [4.69, 9.17) is 0 Å². The fraction of sp³-hybridized carbons (Fsp3) is 0.478. The van der Waals surface area contributed by atoms with E-state index < -0.39 is 0 Å². The largest absolute Gasteiger partial charge is 0.304 e. The average Bonchev–Trinajstić information content (AvgIpc) is 2.88. The summed E-state index contributed by atoms with van der Waals surface area (Å²) in [4.78, 5) is 7.96. The van der Waals surface area contributed by atoms with Gasteiger partial charge in [0.15, 0.2) is 0 Å². The molecule has 1 fully saturated rings. The lowest BCUT2D eigenvalue weighted by Gasteiger charge is -2.38. The number of hydrogen-bond acceptors (Lipinski definition) is 3. The van der Waals surface area contributed by atoms with Crippen LogP contribution in [0.2, 0.25) is 0 Å². The lowest BCUT2D eigenvalue weighted by atomic mass is 9.97. The van der Waals surface area contributed by atoms with Crippen LogP contribution in [0.25, 0.3) is 0 Å². The zero-order chi connectivity index (χ0) is 18.9. The molecule has 0 N–H and O–H groups in total. The van der Waals surface area contributed by atoms with Crippen molar-refractivity contribution in [1.29, 1.82) is 0 Å². The molecule has 2 aliphatic heterocycles. The standard InChI is InChI=1S/C19H22N2S.2C2H6/c1-20-10-12-21(13-11-20)17-14-15-6-2-4-8-18(15)22-19-9-5-3-7-16(17)19;2*1-2/h2-9,17H,10-14H2,1H3;2*1-2H3. The van der Waals surface area contributed by atoms with E-state index in [-0.39, 0.29) is 0 Å². The van der Waals surface area contributed by atoms with Gasteiger partial charge in [-0.2, -0.15) is 0 Å². The number of piperazine rings is 1. The van der Waals surface area contributed by atoms with Crippen LogP contribution >= 0.6 is 11.8 Å². The summed E-state index contributed by atoms with van der Waals surface area (Å²) in [5.74, 6) is 0. The first-order valence-corrected chi connectivity index (χ1v) is 10.9. The second-order valence-electron chi connectivity index (χ2n) is 6.31. The van der Waals surface area contributed by atoms with E-state index in [2.05, 4.69) is 65.4 Å². The summed E-state index contributed by atoms with van der Waals surface area (Å²) in [6, 6.07) is 18.4. The molecular formula is C23H34N2S. The zero-order valence-electron chi connectivity index (χ0n) is 17.0. The molecule has 0 spiro atoms. The zero-order valence-corrected chi connectivity index (χ0v) is 17.9. The second-order valence-corrected chi connectivity index (χ2v) is 7.39. The molecule has 1 atom stereocenters. The maximum absolute atomic E-state index is 2.68. The van der Waals surface area contributed by atoms with Crippen LogP contribution in [0.4, 0.5) is 0 Å². The van der Waals surface area contributed by atoms with Gasteiger partial charge in [0.05, 0.1) is 0 Å². The average molecular weight is 371 g/mol. The van der Waals surface area contributed by atoms with Crippen molar-refractivity contribution in [3.63, 3.8) is 0 Å². The van der Waals surface area contributed by atoms with Crippen LogP contribution < -0.4 is 0 Å². The van der Waals surface area contributed by atoms with Crippen LogP contribution in [0.3, 0.4) is 0 Å². The summed E-state index contributed by atoms with van der Waals surface area (Å²) in [5, 5.41) is 0. The highest BCUT2D eigenvalue weighted by Gasteiger charge is 2.28. The van der Waals surface area contributed by atoms with Crippen molar-refractivity contribution >= 4 is 11.8 Å². The van der Waals surface area contributed by atoms with E-state index in [1.165, 1.54) is 47.1 Å². The predicted octanol–water partition coefficient (Wildman–Crippen LogP) is 5.73. The molecule has 2 aliphatic rings. The monoisotopic (exact) mass is 370 g/mol. The maximum atomic E-state index is 2.68. The molecule has 0 aliphatic carbocycles. The summed E-state index contributed by atoms with van der Waals surface area (Å²) < 4.78 is 0. The number of likely N-dealkylation sites (N-methyl/N-ethyl adjacent to an activating group) is 1. The first kappa shape index (κ1) is 21.0. The molecule has 0 radical (unpaired) electrons. The predicted molar refractivity (Wildman–Crippen MR) is 115 cm³/mol. The second kappa shape index (κ2) is 10.8. The van der Waals surface area contributed by atoms with Crippen LogP contribution in [0.1, 0.15) is 44.9 Å². The van der Waals surface area contributed by atoms with Crippen molar-refractivity contribution in [2.75, 3.05) is 33.2 Å². The molecule has 2 nitrogen and oxygen atoms in total. The lowest BCUT2D eigenvalue weighted by Crippen LogP contribution is -2.46. The third-order valence-corrected chi connectivity index (χ3v) is 6.07. The smallest absolute Gasteiger partial charge is 0.0401 e. The number of fused-ring (bicyclic) bond motifs is 2. The molecule has 0 bridgehead atoms. The molecule has 1 saturated heterocycles. The van der Waals surface area contributed by atoms with Crippen LogP contribution in [0.5, 0.6) is 0 Å². The molecule has 26 heavy (non-hydrogen) atoms. The van der Waals surface area contributed by atoms with Gasteiger partial charge in [0, 0.05) is 42.0 Å². The molecule has 0 amide bonds. The molecule has 2 heterocycles. The Morgan fingerprint density at radius 3 is 2.04 bits per heavy atom. The summed E-state index contributed by atoms with van der Waals surface area (Å²) in [7, 11) is 2.23. The topological polar surface area (TPSA) is 6.48 Å². The van der Waals surface area contributed by atoms with Crippen LogP contribution in [-0.4, -0.2) is 43.0 Å². The number of benzene rings is 2. The Morgan fingerprint density at radius 1 is 0.769 bits per heavy atom. The van der Waals surface area contributed by atoms with Gasteiger partial charge in [0.2, 0.25) is 0 Å². The Hall–Kier alpha value is -1.29. The Balaban J connectivity index is 0.000000570. The van der Waals surface area contributed by atoms with E-state index in [0.717, 1.165) is 6.42 Å². The maximum Gasteiger partial charge on any atom is 0.0401 e. The molecule has 3 heteroatoms. The molecule has 1 unspecified atom stereocenters. The Morgan fingerprint density at radius 2 is 1.35 bits per heavy atom. The molecular weight excluding hydrogens is 336 g/mol. The van der Waals surface area contributed by atoms with Crippen molar-refractivity contribution in [2.45, 2.75) is 49.9 Å². The summed E-state index contributed by atoms with van der Waals surface area (Å²) >= 11 is 1.93. The normalized spacial score (nSPS) is 19.7. The van der Waals surface area contributed by atoms with E-state index in [1.807, 2.05) is 39.5 Å². The van der Waals surface area contributed by atoms with Gasteiger partial charge in [0.25, 0.3) is 0 Å². The highest BCUT2D eigenvalue weighted by molar-refractivity contribution is 7.99. The van der Waals surface area contributed by atoms with Gasteiger partial charge >= 0.3 is 0 Å². The minimum absolute atomic E-state index is 0.515. The molecule has 2 aromatic carbocycles. The van der Waals surface area contributed by atoms with Crippen molar-refractivity contribution in [2.24, 2.45) is 0 Å². The quantitative estimate of drug-likeness (QED) is 0.632.